The third-order valence-corrected chi connectivity index (χ3v) is 11.9. The molecule has 69 heavy (non-hydrogen) atoms. The van der Waals surface area contributed by atoms with E-state index < -0.39 is 80.3 Å². The molecule has 0 bridgehead atoms. The Morgan fingerprint density at radius 3 is 2.29 bits per heavy atom. The first kappa shape index (κ1) is 55.7. The first-order chi connectivity index (χ1) is 32.7. The number of H-pyrrole nitrogens is 1. The summed E-state index contributed by atoms with van der Waals surface area (Å²) in [4.78, 5) is 116. The summed E-state index contributed by atoms with van der Waals surface area (Å²) in [6, 6.07) is 0.397. The van der Waals surface area contributed by atoms with Crippen molar-refractivity contribution >= 4 is 61.1 Å². The molecule has 4 rings (SSSR count). The van der Waals surface area contributed by atoms with Gasteiger partial charge in [0.15, 0.2) is 0 Å². The molecular formula is C43H63ClN11O13P. The van der Waals surface area contributed by atoms with Gasteiger partial charge in [-0.2, -0.15) is 0 Å². The summed E-state index contributed by atoms with van der Waals surface area (Å²) in [6.07, 6.45) is 6.78. The van der Waals surface area contributed by atoms with Crippen molar-refractivity contribution in [1.29, 1.82) is 0 Å². The average molecular weight is 1010 g/mol. The molecule has 0 unspecified atom stereocenters. The molecule has 10 N–H and O–H groups in total. The number of hydrogen-bond donors (Lipinski definition) is 9. The zero-order valence-electron chi connectivity index (χ0n) is 39.1. The van der Waals surface area contributed by atoms with Crippen molar-refractivity contribution in [3.8, 4) is 17.1 Å². The lowest BCUT2D eigenvalue weighted by Crippen LogP contribution is -2.61. The number of primary amides is 1. The van der Waals surface area contributed by atoms with Gasteiger partial charge in [-0.25, -0.2) is 14.5 Å². The van der Waals surface area contributed by atoms with Gasteiger partial charge in [-0.3, -0.25) is 33.3 Å². The number of rotatable bonds is 28. The van der Waals surface area contributed by atoms with E-state index in [0.29, 0.717) is 73.5 Å². The minimum Gasteiger partial charge on any atom is -0.497 e. The number of methoxy groups -OCH3 is 1. The van der Waals surface area contributed by atoms with Crippen molar-refractivity contribution in [3.05, 3.63) is 53.3 Å². The number of imidazole rings is 2. The van der Waals surface area contributed by atoms with Crippen molar-refractivity contribution in [2.75, 3.05) is 26.9 Å². The Hall–Kier alpha value is -5.91. The highest BCUT2D eigenvalue weighted by Gasteiger charge is 2.37. The number of phosphoric acid groups is 1. The van der Waals surface area contributed by atoms with Crippen LogP contribution in [0.3, 0.4) is 0 Å². The minimum absolute atomic E-state index is 0.111. The van der Waals surface area contributed by atoms with Crippen molar-refractivity contribution in [2.24, 2.45) is 16.8 Å². The lowest BCUT2D eigenvalue weighted by Gasteiger charge is -2.28. The number of nitrogens with two attached hydrogens (primary N) is 1. The molecule has 0 spiro atoms. The van der Waals surface area contributed by atoms with Crippen LogP contribution in [0, 0.1) is 5.92 Å². The SMILES string of the molecule is COc1ccc(-c2nc(/C=N/OCCCCCCn3cncc3C[C@H](NC(=O)[C@H](CC(C)C)NC(=O)[C@@H]3CCCN3C(C)=O)C(=O)N[C@@H](CO)C(=O)N[C@H](C(N)=O)[C@@H](C)OP(=O)(O)O)c(Cl)[nH]2)cc1. The summed E-state index contributed by atoms with van der Waals surface area (Å²) in [5.74, 6) is -3.75. The van der Waals surface area contributed by atoms with Crippen molar-refractivity contribution in [1.82, 2.24) is 45.7 Å². The van der Waals surface area contributed by atoms with E-state index >= 15 is 0 Å². The number of nitrogens with zero attached hydrogens (tertiary/aromatic N) is 5. The number of hydrogen-bond acceptors (Lipinski definition) is 14. The first-order valence-corrected chi connectivity index (χ1v) is 24.3. The predicted octanol–water partition coefficient (Wildman–Crippen LogP) is 1.06. The Balaban J connectivity index is 1.41. The second kappa shape index (κ2) is 26.7. The van der Waals surface area contributed by atoms with Crippen LogP contribution in [0.5, 0.6) is 5.75 Å². The Morgan fingerprint density at radius 1 is 0.986 bits per heavy atom. The molecule has 1 aromatic carbocycles. The number of aromatic amines is 1. The summed E-state index contributed by atoms with van der Waals surface area (Å²) in [6.45, 7) is 6.27. The fraction of sp³-hybridized carbons (Fsp3) is 0.558. The van der Waals surface area contributed by atoms with E-state index in [1.54, 1.807) is 18.0 Å². The van der Waals surface area contributed by atoms with Gasteiger partial charge in [-0.15, -0.1) is 0 Å². The van der Waals surface area contributed by atoms with Crippen molar-refractivity contribution in [3.63, 3.8) is 0 Å². The maximum atomic E-state index is 14.1. The fourth-order valence-electron chi connectivity index (χ4n) is 7.49. The molecule has 6 amide bonds. The summed E-state index contributed by atoms with van der Waals surface area (Å²) >= 11 is 6.31. The maximum absolute atomic E-state index is 14.1. The van der Waals surface area contributed by atoms with Crippen LogP contribution in [0.2, 0.25) is 5.15 Å². The van der Waals surface area contributed by atoms with E-state index in [0.717, 1.165) is 25.3 Å². The number of aliphatic hydroxyl groups is 1. The Kier molecular flexibility index (Phi) is 21.6. The van der Waals surface area contributed by atoms with Crippen LogP contribution in [0.4, 0.5) is 0 Å². The molecule has 24 nitrogen and oxygen atoms in total. The summed E-state index contributed by atoms with van der Waals surface area (Å²) in [5.41, 5.74) is 7.10. The zero-order valence-corrected chi connectivity index (χ0v) is 40.8. The molecular weight excluding hydrogens is 945 g/mol. The Bertz CT molecular complexity index is 2290. The first-order valence-electron chi connectivity index (χ1n) is 22.4. The van der Waals surface area contributed by atoms with Gasteiger partial charge < -0.3 is 65.9 Å². The summed E-state index contributed by atoms with van der Waals surface area (Å²) in [7, 11) is -3.55. The number of nitrogens with one attached hydrogen (secondary N) is 5. The van der Waals surface area contributed by atoms with E-state index in [2.05, 4.69) is 45.9 Å². The third-order valence-electron chi connectivity index (χ3n) is 11.0. The topological polar surface area (TPSA) is 344 Å². The number of carbonyl (C=O) groups is 6. The van der Waals surface area contributed by atoms with Crippen LogP contribution in [-0.4, -0.2) is 144 Å². The van der Waals surface area contributed by atoms with Crippen LogP contribution >= 0.6 is 19.4 Å². The second-order valence-electron chi connectivity index (χ2n) is 16.8. The van der Waals surface area contributed by atoms with E-state index in [1.165, 1.54) is 24.2 Å². The van der Waals surface area contributed by atoms with Gasteiger partial charge in [-0.05, 0) is 75.6 Å². The van der Waals surface area contributed by atoms with Gasteiger partial charge in [0.25, 0.3) is 0 Å². The number of carbonyl (C=O) groups excluding carboxylic acids is 6. The number of aliphatic hydroxyl groups excluding tert-OH is 1. The van der Waals surface area contributed by atoms with Crippen molar-refractivity contribution in [2.45, 2.75) is 122 Å². The molecule has 0 aliphatic carbocycles. The van der Waals surface area contributed by atoms with Gasteiger partial charge in [0.2, 0.25) is 35.4 Å². The molecule has 1 saturated heterocycles. The molecule has 1 aliphatic heterocycles. The molecule has 3 heterocycles. The van der Waals surface area contributed by atoms with E-state index in [4.69, 9.17) is 26.9 Å². The number of likely N-dealkylation sites (tertiary alicyclic amines) is 1. The van der Waals surface area contributed by atoms with Crippen LogP contribution in [0.1, 0.15) is 84.0 Å². The van der Waals surface area contributed by atoms with Gasteiger partial charge >= 0.3 is 7.82 Å². The lowest BCUT2D eigenvalue weighted by atomic mass is 10.0. The number of aromatic nitrogens is 4. The number of oxime groups is 1. The predicted molar refractivity (Wildman–Crippen MR) is 250 cm³/mol. The largest absolute Gasteiger partial charge is 0.497 e. The monoisotopic (exact) mass is 1010 g/mol. The number of amides is 6. The molecule has 1 fully saturated rings. The van der Waals surface area contributed by atoms with Crippen LogP contribution in [0.25, 0.3) is 11.4 Å². The minimum atomic E-state index is -5.13. The van der Waals surface area contributed by atoms with Gasteiger partial charge in [0.05, 0.1) is 32.4 Å². The van der Waals surface area contributed by atoms with E-state index in [-0.39, 0.29) is 24.7 Å². The highest BCUT2D eigenvalue weighted by atomic mass is 35.5. The number of halogens is 1. The number of benzene rings is 1. The lowest BCUT2D eigenvalue weighted by molar-refractivity contribution is -0.139. The van der Waals surface area contributed by atoms with Gasteiger partial charge in [-0.1, -0.05) is 37.0 Å². The van der Waals surface area contributed by atoms with Crippen LogP contribution in [-0.2, 0) is 55.7 Å². The summed E-state index contributed by atoms with van der Waals surface area (Å²) in [5, 5.41) is 24.4. The third kappa shape index (κ3) is 17.5. The van der Waals surface area contributed by atoms with Crippen LogP contribution in [0.15, 0.2) is 41.9 Å². The quantitative estimate of drug-likeness (QED) is 0.0213. The van der Waals surface area contributed by atoms with Gasteiger partial charge in [0.1, 0.15) is 59.2 Å². The molecule has 1 aliphatic rings. The van der Waals surface area contributed by atoms with Gasteiger partial charge in [0, 0.05) is 43.9 Å². The number of aryl methyl sites for hydroxylation is 1. The molecule has 380 valence electrons. The van der Waals surface area contributed by atoms with E-state index in [9.17, 15) is 48.2 Å². The smallest absolute Gasteiger partial charge is 0.469 e. The average Bonchev–Trinajstić information content (AvgIpc) is 4.06. The Morgan fingerprint density at radius 2 is 1.65 bits per heavy atom. The second-order valence-corrected chi connectivity index (χ2v) is 18.4. The number of phosphoric ester groups is 1. The molecule has 0 radical (unpaired) electrons. The number of unbranched alkanes of at least 4 members (excludes halogenated alkanes) is 3. The number of ether oxygens (including phenoxy) is 1. The zero-order chi connectivity index (χ0) is 50.8. The highest BCUT2D eigenvalue weighted by molar-refractivity contribution is 7.46. The van der Waals surface area contributed by atoms with E-state index in [1.807, 2.05) is 38.1 Å². The molecule has 2 aromatic heterocycles. The Labute approximate surface area is 404 Å². The normalized spacial score (nSPS) is 16.1. The fourth-order valence-corrected chi connectivity index (χ4v) is 8.23. The molecule has 0 saturated carbocycles. The maximum Gasteiger partial charge on any atom is 0.469 e. The standard InChI is InChI=1S/C43H63ClN11O13P/c1-25(2)19-31(50-43(62)35-11-10-17-55(35)27(4)57)40(59)49-32(41(60)51-34(23-56)42(61)52-36(38(45)58)26(3)68-69(63,64)65)20-29-21-46-24-54(29)16-8-6-7-9-18-67-47-22-33-37(44)53-39(48-33)28-12-14-30(66-5)15-13-28/h12-15,21-22,24-26,31-32,34-36,56H,6-11,16-20,23H2,1-5H3,(H2,45,58)(H,48,53)(H,49,59)(H,50,62)(H,51,60)(H,52,61)(H2,63,64,65)/b47-22+/t26-,31+,32+,34+,35+,36+/m1/s1. The summed E-state index contributed by atoms with van der Waals surface area (Å²) < 4.78 is 22.9. The molecule has 3 aromatic rings. The molecule has 6 atom stereocenters. The molecule has 26 heteroatoms. The van der Waals surface area contributed by atoms with Crippen molar-refractivity contribution < 1.29 is 62.3 Å². The highest BCUT2D eigenvalue weighted by Crippen LogP contribution is 2.38. The van der Waals surface area contributed by atoms with Crippen LogP contribution < -0.4 is 31.7 Å².